The van der Waals surface area contributed by atoms with Crippen LogP contribution in [0.3, 0.4) is 0 Å². The van der Waals surface area contributed by atoms with Crippen LogP contribution in [0.1, 0.15) is 5.69 Å². The Morgan fingerprint density at radius 2 is 2.20 bits per heavy atom. The van der Waals surface area contributed by atoms with Crippen molar-refractivity contribution in [1.82, 2.24) is 15.2 Å². The van der Waals surface area contributed by atoms with Gasteiger partial charge in [-0.25, -0.2) is 4.98 Å². The summed E-state index contributed by atoms with van der Waals surface area (Å²) < 4.78 is 0. The molecule has 0 aromatic carbocycles. The van der Waals surface area contributed by atoms with Gasteiger partial charge in [0.15, 0.2) is 0 Å². The normalized spacial score (nSPS) is 9.07. The van der Waals surface area contributed by atoms with Gasteiger partial charge in [0.25, 0.3) is 0 Å². The quantitative estimate of drug-likeness (QED) is 0.779. The highest BCUT2D eigenvalue weighted by Gasteiger charge is 2.06. The Labute approximate surface area is 97.3 Å². The zero-order valence-electron chi connectivity index (χ0n) is 7.44. The fourth-order valence-corrected chi connectivity index (χ4v) is 1.37. The Hall–Kier alpha value is -1.57. The van der Waals surface area contributed by atoms with Gasteiger partial charge in [-0.05, 0) is 12.1 Å². The second-order valence-corrected chi connectivity index (χ2v) is 2.99. The largest absolute Gasteiger partial charge is 0.285 e. The van der Waals surface area contributed by atoms with Gasteiger partial charge in [0.2, 0.25) is 0 Å². The first-order valence-electron chi connectivity index (χ1n) is 3.87. The summed E-state index contributed by atoms with van der Waals surface area (Å²) in [5.41, 5.74) is 1.92. The molecule has 0 saturated carbocycles. The van der Waals surface area contributed by atoms with Crippen molar-refractivity contribution in [3.63, 3.8) is 0 Å². The molecule has 0 aliphatic carbocycles. The minimum absolute atomic E-state index is 0. The van der Waals surface area contributed by atoms with E-state index in [0.29, 0.717) is 10.8 Å². The minimum atomic E-state index is 0. The zero-order valence-corrected chi connectivity index (χ0v) is 9.01. The molecule has 4 nitrogen and oxygen atoms in total. The molecule has 0 unspecified atom stereocenters. The van der Waals surface area contributed by atoms with Gasteiger partial charge in [-0.15, -0.1) is 12.4 Å². The first-order chi connectivity index (χ1) is 6.81. The highest BCUT2D eigenvalue weighted by molar-refractivity contribution is 6.32. The average molecular weight is 241 g/mol. The molecule has 0 amide bonds. The Balaban J connectivity index is 0.00000112. The molecule has 2 aromatic heterocycles. The lowest BCUT2D eigenvalue weighted by molar-refractivity contribution is 1.09. The predicted octanol–water partition coefficient (Wildman–Crippen LogP) is 2.42. The van der Waals surface area contributed by atoms with Gasteiger partial charge in [-0.2, -0.15) is 10.4 Å². The number of nitriles is 1. The van der Waals surface area contributed by atoms with Crippen molar-refractivity contribution < 1.29 is 0 Å². The van der Waals surface area contributed by atoms with E-state index in [1.165, 1.54) is 0 Å². The summed E-state index contributed by atoms with van der Waals surface area (Å²) in [6, 6.07) is 5.29. The molecule has 0 radical (unpaired) electrons. The molecular formula is C9H6Cl2N4. The topological polar surface area (TPSA) is 65.4 Å². The first-order valence-corrected chi connectivity index (χ1v) is 4.25. The summed E-state index contributed by atoms with van der Waals surface area (Å²) in [6.07, 6.45) is 3.36. The maximum absolute atomic E-state index is 8.59. The summed E-state index contributed by atoms with van der Waals surface area (Å²) in [6.45, 7) is 0. The lowest BCUT2D eigenvalue weighted by atomic mass is 10.1. The van der Waals surface area contributed by atoms with E-state index in [0.717, 1.165) is 11.1 Å². The van der Waals surface area contributed by atoms with Crippen LogP contribution in [0.5, 0.6) is 0 Å². The second kappa shape index (κ2) is 4.78. The van der Waals surface area contributed by atoms with Crippen molar-refractivity contribution >= 4 is 24.0 Å². The summed E-state index contributed by atoms with van der Waals surface area (Å²) >= 11 is 5.90. The van der Waals surface area contributed by atoms with Gasteiger partial charge >= 0.3 is 0 Å². The molecule has 0 aliphatic rings. The third-order valence-corrected chi connectivity index (χ3v) is 2.06. The van der Waals surface area contributed by atoms with Crippen LogP contribution in [0.4, 0.5) is 0 Å². The molecule has 2 aromatic rings. The van der Waals surface area contributed by atoms with E-state index in [4.69, 9.17) is 16.9 Å². The van der Waals surface area contributed by atoms with E-state index in [1.807, 2.05) is 6.07 Å². The molecule has 0 bridgehead atoms. The monoisotopic (exact) mass is 240 g/mol. The number of H-pyrrole nitrogens is 1. The van der Waals surface area contributed by atoms with Crippen molar-refractivity contribution in [3.8, 4) is 17.2 Å². The number of halogens is 2. The number of nitrogens with zero attached hydrogens (tertiary/aromatic N) is 3. The van der Waals surface area contributed by atoms with Crippen molar-refractivity contribution in [3.05, 3.63) is 35.4 Å². The van der Waals surface area contributed by atoms with Crippen LogP contribution in [-0.2, 0) is 0 Å². The third-order valence-electron chi connectivity index (χ3n) is 1.77. The number of aromatic amines is 1. The minimum Gasteiger partial charge on any atom is -0.285 e. The van der Waals surface area contributed by atoms with E-state index in [1.54, 1.807) is 24.5 Å². The molecule has 0 aliphatic heterocycles. The fraction of sp³-hybridized carbons (Fsp3) is 0. The second-order valence-electron chi connectivity index (χ2n) is 2.63. The van der Waals surface area contributed by atoms with E-state index < -0.39 is 0 Å². The van der Waals surface area contributed by atoms with E-state index in [9.17, 15) is 0 Å². The summed E-state index contributed by atoms with van der Waals surface area (Å²) in [7, 11) is 0. The molecule has 0 spiro atoms. The standard InChI is InChI=1S/C9H5ClN4.ClH/c10-9-8(6-4-12-13-5-6)2-1-7(3-11)14-9;/h1-2,4-5H,(H,12,13);1H. The predicted molar refractivity (Wildman–Crippen MR) is 58.8 cm³/mol. The van der Waals surface area contributed by atoms with Crippen LogP contribution in [0.2, 0.25) is 5.15 Å². The number of aromatic nitrogens is 3. The molecule has 76 valence electrons. The third kappa shape index (κ3) is 2.27. The van der Waals surface area contributed by atoms with Crippen LogP contribution < -0.4 is 0 Å². The van der Waals surface area contributed by atoms with E-state index >= 15 is 0 Å². The van der Waals surface area contributed by atoms with Gasteiger partial charge in [-0.3, -0.25) is 5.10 Å². The average Bonchev–Trinajstić information content (AvgIpc) is 2.70. The molecule has 1 N–H and O–H groups in total. The van der Waals surface area contributed by atoms with Gasteiger partial charge in [0.1, 0.15) is 16.9 Å². The Bertz CT molecular complexity index is 487. The number of pyridine rings is 1. The molecule has 6 heteroatoms. The fourth-order valence-electron chi connectivity index (χ4n) is 1.11. The smallest absolute Gasteiger partial charge is 0.142 e. The Morgan fingerprint density at radius 1 is 1.40 bits per heavy atom. The maximum atomic E-state index is 8.59. The van der Waals surface area contributed by atoms with Crippen LogP contribution in [0, 0.1) is 11.3 Å². The lowest BCUT2D eigenvalue weighted by Crippen LogP contribution is -1.85. The van der Waals surface area contributed by atoms with Gasteiger partial charge in [0, 0.05) is 17.3 Å². The van der Waals surface area contributed by atoms with Crippen LogP contribution in [0.15, 0.2) is 24.5 Å². The number of hydrogen-bond acceptors (Lipinski definition) is 3. The van der Waals surface area contributed by atoms with Crippen molar-refractivity contribution in [1.29, 1.82) is 5.26 Å². The van der Waals surface area contributed by atoms with Crippen LogP contribution in [-0.4, -0.2) is 15.2 Å². The van der Waals surface area contributed by atoms with Gasteiger partial charge in [-0.1, -0.05) is 11.6 Å². The van der Waals surface area contributed by atoms with E-state index in [2.05, 4.69) is 15.2 Å². The molecule has 2 heterocycles. The summed E-state index contributed by atoms with van der Waals surface area (Å²) in [4.78, 5) is 3.91. The molecule has 0 fully saturated rings. The van der Waals surface area contributed by atoms with Crippen molar-refractivity contribution in [2.75, 3.05) is 0 Å². The highest BCUT2D eigenvalue weighted by Crippen LogP contribution is 2.25. The molecule has 2 rings (SSSR count). The molecular weight excluding hydrogens is 235 g/mol. The zero-order chi connectivity index (χ0) is 9.97. The van der Waals surface area contributed by atoms with Crippen molar-refractivity contribution in [2.45, 2.75) is 0 Å². The molecule has 0 atom stereocenters. The summed E-state index contributed by atoms with van der Waals surface area (Å²) in [5, 5.41) is 15.4. The van der Waals surface area contributed by atoms with Gasteiger partial charge in [0.05, 0.1) is 6.20 Å². The Kier molecular flexibility index (Phi) is 3.67. The maximum Gasteiger partial charge on any atom is 0.142 e. The van der Waals surface area contributed by atoms with Crippen LogP contribution >= 0.6 is 24.0 Å². The number of rotatable bonds is 1. The SMILES string of the molecule is Cl.N#Cc1ccc(-c2cn[nH]c2)c(Cl)n1. The molecule has 15 heavy (non-hydrogen) atoms. The summed E-state index contributed by atoms with van der Waals surface area (Å²) in [5.74, 6) is 0. The van der Waals surface area contributed by atoms with E-state index in [-0.39, 0.29) is 12.4 Å². The number of nitrogens with one attached hydrogen (secondary N) is 1. The lowest BCUT2D eigenvalue weighted by Gasteiger charge is -1.99. The van der Waals surface area contributed by atoms with Crippen LogP contribution in [0.25, 0.3) is 11.1 Å². The van der Waals surface area contributed by atoms with Gasteiger partial charge < -0.3 is 0 Å². The highest BCUT2D eigenvalue weighted by atomic mass is 35.5. The number of hydrogen-bond donors (Lipinski definition) is 1. The Morgan fingerprint density at radius 3 is 2.73 bits per heavy atom. The molecule has 0 saturated heterocycles. The first kappa shape index (κ1) is 11.5. The van der Waals surface area contributed by atoms with Crippen molar-refractivity contribution in [2.24, 2.45) is 0 Å².